The monoisotopic (exact) mass is 418 g/mol. The van der Waals surface area contributed by atoms with Crippen LogP contribution >= 0.6 is 15.9 Å². The second-order valence-electron chi connectivity index (χ2n) is 6.29. The molecule has 26 heavy (non-hydrogen) atoms. The maximum absolute atomic E-state index is 13.1. The van der Waals surface area contributed by atoms with E-state index in [9.17, 15) is 9.18 Å². The molecule has 4 rings (SSSR count). The number of carbonyl (C=O) groups excluding carboxylic acids is 1. The van der Waals surface area contributed by atoms with Gasteiger partial charge in [0.25, 0.3) is 5.91 Å². The Kier molecular flexibility index (Phi) is 4.58. The molecule has 0 unspecified atom stereocenters. The van der Waals surface area contributed by atoms with Gasteiger partial charge in [0, 0.05) is 29.3 Å². The summed E-state index contributed by atoms with van der Waals surface area (Å²) in [4.78, 5) is 21.9. The number of aromatic amines is 1. The third-order valence-corrected chi connectivity index (χ3v) is 4.94. The van der Waals surface area contributed by atoms with Crippen LogP contribution in [0.5, 0.6) is 0 Å². The summed E-state index contributed by atoms with van der Waals surface area (Å²) in [6.45, 7) is 1.17. The summed E-state index contributed by atoms with van der Waals surface area (Å²) in [7, 11) is 0. The van der Waals surface area contributed by atoms with Crippen LogP contribution in [0, 0.1) is 5.82 Å². The number of H-pyrrole nitrogens is 1. The van der Waals surface area contributed by atoms with Crippen molar-refractivity contribution in [2.75, 3.05) is 13.1 Å². The number of benzene rings is 1. The molecule has 8 heteroatoms. The number of hydrogen-bond acceptors (Lipinski definition) is 4. The van der Waals surface area contributed by atoms with Gasteiger partial charge in [-0.25, -0.2) is 4.39 Å². The molecule has 0 bridgehead atoms. The molecule has 134 valence electrons. The van der Waals surface area contributed by atoms with Crippen molar-refractivity contribution in [2.45, 2.75) is 18.8 Å². The zero-order valence-electron chi connectivity index (χ0n) is 13.8. The van der Waals surface area contributed by atoms with Gasteiger partial charge in [-0.05, 0) is 59.1 Å². The molecule has 0 saturated carbocycles. The molecule has 1 fully saturated rings. The van der Waals surface area contributed by atoms with Crippen LogP contribution in [0.15, 0.2) is 45.5 Å². The zero-order chi connectivity index (χ0) is 18.1. The number of rotatable bonds is 3. The lowest BCUT2D eigenvalue weighted by Crippen LogP contribution is -2.39. The molecule has 0 radical (unpaired) electrons. The predicted octanol–water partition coefficient (Wildman–Crippen LogP) is 3.99. The Morgan fingerprint density at radius 2 is 2.15 bits per heavy atom. The minimum Gasteiger partial charge on any atom is -0.357 e. The third-order valence-electron chi connectivity index (χ3n) is 4.48. The standard InChI is InChI=1S/C18H16BrFN4O2/c19-13-8-15(21-9-13)16-22-17(26-23-16)12-2-1-7-24(10-12)18(25)11-3-5-14(20)6-4-11/h3-6,8-9,12,21H,1-2,7,10H2/t12-/m0/s1. The van der Waals surface area contributed by atoms with Gasteiger partial charge < -0.3 is 14.4 Å². The second-order valence-corrected chi connectivity index (χ2v) is 7.20. The van der Waals surface area contributed by atoms with Crippen LogP contribution in [0.3, 0.4) is 0 Å². The summed E-state index contributed by atoms with van der Waals surface area (Å²) in [6, 6.07) is 7.49. The summed E-state index contributed by atoms with van der Waals surface area (Å²) >= 11 is 3.38. The highest BCUT2D eigenvalue weighted by Crippen LogP contribution is 2.28. The van der Waals surface area contributed by atoms with Gasteiger partial charge >= 0.3 is 0 Å². The van der Waals surface area contributed by atoms with E-state index >= 15 is 0 Å². The van der Waals surface area contributed by atoms with Gasteiger partial charge in [-0.1, -0.05) is 5.16 Å². The highest BCUT2D eigenvalue weighted by atomic mass is 79.9. The molecule has 1 saturated heterocycles. The number of piperidine rings is 1. The van der Waals surface area contributed by atoms with Crippen molar-refractivity contribution in [2.24, 2.45) is 0 Å². The van der Waals surface area contributed by atoms with Gasteiger partial charge in [0.15, 0.2) is 0 Å². The Hall–Kier alpha value is -2.48. The molecule has 3 heterocycles. The van der Waals surface area contributed by atoms with Crippen molar-refractivity contribution in [1.82, 2.24) is 20.0 Å². The first-order chi connectivity index (χ1) is 12.6. The first-order valence-corrected chi connectivity index (χ1v) is 9.12. The molecule has 1 aliphatic heterocycles. The van der Waals surface area contributed by atoms with E-state index in [-0.39, 0.29) is 17.6 Å². The lowest BCUT2D eigenvalue weighted by molar-refractivity contribution is 0.0695. The highest BCUT2D eigenvalue weighted by molar-refractivity contribution is 9.10. The normalized spacial score (nSPS) is 17.5. The van der Waals surface area contributed by atoms with Crippen molar-refractivity contribution < 1.29 is 13.7 Å². The average Bonchev–Trinajstić information content (AvgIpc) is 3.31. The molecule has 6 nitrogen and oxygen atoms in total. The topological polar surface area (TPSA) is 75.0 Å². The zero-order valence-corrected chi connectivity index (χ0v) is 15.4. The number of amides is 1. The summed E-state index contributed by atoms with van der Waals surface area (Å²) in [5.74, 6) is 0.554. The number of halogens is 2. The Morgan fingerprint density at radius 1 is 1.35 bits per heavy atom. The summed E-state index contributed by atoms with van der Waals surface area (Å²) in [5.41, 5.74) is 1.25. The van der Waals surface area contributed by atoms with Crippen molar-refractivity contribution in [3.8, 4) is 11.5 Å². The van der Waals surface area contributed by atoms with E-state index in [0.717, 1.165) is 23.0 Å². The third kappa shape index (κ3) is 3.41. The first-order valence-electron chi connectivity index (χ1n) is 8.33. The van der Waals surface area contributed by atoms with Crippen LogP contribution in [0.25, 0.3) is 11.5 Å². The van der Waals surface area contributed by atoms with Gasteiger partial charge in [0.1, 0.15) is 5.82 Å². The van der Waals surface area contributed by atoms with Gasteiger partial charge in [0.2, 0.25) is 11.7 Å². The molecular weight excluding hydrogens is 403 g/mol. The molecule has 3 aromatic rings. The van der Waals surface area contributed by atoms with Gasteiger partial charge in [-0.15, -0.1) is 0 Å². The van der Waals surface area contributed by atoms with Crippen LogP contribution in [-0.2, 0) is 0 Å². The SMILES string of the molecule is O=C(c1ccc(F)cc1)N1CCC[C@H](c2nc(-c3cc(Br)c[nH]3)no2)C1. The summed E-state index contributed by atoms with van der Waals surface area (Å²) < 4.78 is 19.4. The van der Waals surface area contributed by atoms with Crippen LogP contribution in [0.4, 0.5) is 4.39 Å². The minimum atomic E-state index is -0.354. The molecule has 0 aliphatic carbocycles. The molecule has 0 spiro atoms. The van der Waals surface area contributed by atoms with E-state index in [1.54, 1.807) is 11.1 Å². The number of nitrogens with one attached hydrogen (secondary N) is 1. The number of hydrogen-bond donors (Lipinski definition) is 1. The number of likely N-dealkylation sites (tertiary alicyclic amines) is 1. The number of carbonyl (C=O) groups is 1. The maximum Gasteiger partial charge on any atom is 0.253 e. The van der Waals surface area contributed by atoms with E-state index in [2.05, 4.69) is 31.1 Å². The van der Waals surface area contributed by atoms with Crippen molar-refractivity contribution in [3.63, 3.8) is 0 Å². The molecule has 1 amide bonds. The van der Waals surface area contributed by atoms with Crippen LogP contribution in [-0.4, -0.2) is 39.0 Å². The Bertz CT molecular complexity index is 921. The highest BCUT2D eigenvalue weighted by Gasteiger charge is 2.29. The fraction of sp³-hybridized carbons (Fsp3) is 0.278. The summed E-state index contributed by atoms with van der Waals surface area (Å²) in [5, 5.41) is 4.03. The van der Waals surface area contributed by atoms with Gasteiger partial charge in [-0.2, -0.15) is 4.98 Å². The molecule has 1 atom stereocenters. The Balaban J connectivity index is 1.49. The van der Waals surface area contributed by atoms with Crippen LogP contribution in [0.1, 0.15) is 35.0 Å². The Labute approximate surface area is 157 Å². The smallest absolute Gasteiger partial charge is 0.253 e. The fourth-order valence-electron chi connectivity index (χ4n) is 3.15. The summed E-state index contributed by atoms with van der Waals surface area (Å²) in [6.07, 6.45) is 3.53. The van der Waals surface area contributed by atoms with E-state index in [4.69, 9.17) is 4.52 Å². The Morgan fingerprint density at radius 3 is 2.88 bits per heavy atom. The van der Waals surface area contributed by atoms with E-state index in [1.165, 1.54) is 24.3 Å². The second kappa shape index (κ2) is 7.03. The fourth-order valence-corrected chi connectivity index (χ4v) is 3.49. The van der Waals surface area contributed by atoms with Crippen LogP contribution < -0.4 is 0 Å². The van der Waals surface area contributed by atoms with Crippen molar-refractivity contribution in [3.05, 3.63) is 58.3 Å². The number of nitrogens with zero attached hydrogens (tertiary/aromatic N) is 3. The van der Waals surface area contributed by atoms with Crippen LogP contribution in [0.2, 0.25) is 0 Å². The van der Waals surface area contributed by atoms with Gasteiger partial charge in [0.05, 0.1) is 11.6 Å². The molecule has 1 aromatic carbocycles. The minimum absolute atomic E-state index is 0.00667. The number of aromatic nitrogens is 3. The lowest BCUT2D eigenvalue weighted by Gasteiger charge is -2.31. The lowest BCUT2D eigenvalue weighted by atomic mass is 9.97. The maximum atomic E-state index is 13.1. The molecular formula is C18H16BrFN4O2. The molecule has 2 aromatic heterocycles. The first kappa shape index (κ1) is 17.0. The molecule has 1 N–H and O–H groups in total. The van der Waals surface area contributed by atoms with E-state index in [1.807, 2.05) is 6.07 Å². The van der Waals surface area contributed by atoms with Gasteiger partial charge in [-0.3, -0.25) is 4.79 Å². The van der Waals surface area contributed by atoms with Crippen molar-refractivity contribution in [1.29, 1.82) is 0 Å². The largest absolute Gasteiger partial charge is 0.357 e. The molecule has 1 aliphatic rings. The van der Waals surface area contributed by atoms with E-state index in [0.29, 0.717) is 30.4 Å². The quantitative estimate of drug-likeness (QED) is 0.697. The predicted molar refractivity (Wildman–Crippen MR) is 96.1 cm³/mol. The van der Waals surface area contributed by atoms with E-state index < -0.39 is 0 Å². The average molecular weight is 419 g/mol. The van der Waals surface area contributed by atoms with Crippen molar-refractivity contribution >= 4 is 21.8 Å².